The molecule has 0 spiro atoms. The largest absolute Gasteiger partial charge is 0.287 e. The predicted octanol–water partition coefficient (Wildman–Crippen LogP) is -0.603. The van der Waals surface area contributed by atoms with Gasteiger partial charge in [-0.3, -0.25) is 14.6 Å². The van der Waals surface area contributed by atoms with Crippen LogP contribution in [0, 0.1) is 9.06 Å². The molecule has 3 nitrogen and oxygen atoms in total. The zero-order valence-corrected chi connectivity index (χ0v) is 4.54. The van der Waals surface area contributed by atoms with Gasteiger partial charge in [-0.1, -0.05) is 0 Å². The molecule has 0 amide bonds. The first kappa shape index (κ1) is 4.03. The molecule has 0 bridgehead atoms. The second-order valence-electron chi connectivity index (χ2n) is 1.54. The van der Waals surface area contributed by atoms with Crippen LogP contribution in [0.25, 0.3) is 0 Å². The highest BCUT2D eigenvalue weighted by Crippen LogP contribution is 2.05. The van der Waals surface area contributed by atoms with Crippen LogP contribution in [0.15, 0.2) is 9.59 Å². The maximum Gasteiger partial charge on any atom is 0.269 e. The van der Waals surface area contributed by atoms with Gasteiger partial charge in [0.1, 0.15) is 9.06 Å². The van der Waals surface area contributed by atoms with Gasteiger partial charge in [-0.25, -0.2) is 0 Å². The van der Waals surface area contributed by atoms with E-state index in [4.69, 9.17) is 0 Å². The number of aromatic amines is 1. The zero-order chi connectivity index (χ0) is 5.72. The maximum atomic E-state index is 10.4. The molecule has 0 aromatic rings. The van der Waals surface area contributed by atoms with Crippen molar-refractivity contribution >= 4 is 11.3 Å². The van der Waals surface area contributed by atoms with E-state index in [1.54, 1.807) is 0 Å². The van der Waals surface area contributed by atoms with E-state index in [1.165, 1.54) is 11.3 Å². The van der Waals surface area contributed by atoms with Crippen LogP contribution >= 0.6 is 11.3 Å². The average Bonchev–Trinajstić information content (AvgIpc) is 2.35. The third kappa shape index (κ3) is 0.293. The Morgan fingerprint density at radius 1 is 1.12 bits per heavy atom. The molecule has 2 aliphatic heterocycles. The fourth-order valence-corrected chi connectivity index (χ4v) is 1.22. The number of rotatable bonds is 0. The van der Waals surface area contributed by atoms with E-state index in [1.807, 2.05) is 0 Å². The quantitative estimate of drug-likeness (QED) is 0.513. The highest BCUT2D eigenvalue weighted by molar-refractivity contribution is 7.14. The minimum atomic E-state index is -0.227. The zero-order valence-electron chi connectivity index (χ0n) is 3.72. The first-order valence-electron chi connectivity index (χ1n) is 2.07. The Morgan fingerprint density at radius 3 is 1.75 bits per heavy atom. The molecule has 0 saturated heterocycles. The van der Waals surface area contributed by atoms with Gasteiger partial charge in [0.15, 0.2) is 0 Å². The SMILES string of the molecule is O=c1[nH]c(=O)c2sc1=2. The molecule has 0 saturated carbocycles. The van der Waals surface area contributed by atoms with Crippen molar-refractivity contribution in [3.63, 3.8) is 0 Å². The lowest BCUT2D eigenvalue weighted by Crippen LogP contribution is -2.08. The normalized spacial score (nSPS) is 11.5. The van der Waals surface area contributed by atoms with Crippen LogP contribution in [-0.4, -0.2) is 4.98 Å². The summed E-state index contributed by atoms with van der Waals surface area (Å²) in [6, 6.07) is 0. The Bertz CT molecular complexity index is 389. The van der Waals surface area contributed by atoms with Crippen molar-refractivity contribution in [2.75, 3.05) is 0 Å². The Kier molecular flexibility index (Phi) is 0.465. The second-order valence-corrected chi connectivity index (χ2v) is 2.56. The Labute approximate surface area is 46.9 Å². The molecule has 1 N–H and O–H groups in total. The van der Waals surface area contributed by atoms with E-state index >= 15 is 0 Å². The minimum Gasteiger partial charge on any atom is -0.287 e. The van der Waals surface area contributed by atoms with E-state index in [0.29, 0.717) is 9.06 Å². The topological polar surface area (TPSA) is 49.9 Å². The number of hydrogen-bond acceptors (Lipinski definition) is 3. The number of nitrogens with one attached hydrogen (secondary N) is 1. The molecule has 8 heavy (non-hydrogen) atoms. The van der Waals surface area contributed by atoms with Gasteiger partial charge in [0.2, 0.25) is 0 Å². The summed E-state index contributed by atoms with van der Waals surface area (Å²) in [5.74, 6) is 0. The van der Waals surface area contributed by atoms with Crippen molar-refractivity contribution in [3.8, 4) is 0 Å². The van der Waals surface area contributed by atoms with Gasteiger partial charge in [-0.05, 0) is 0 Å². The van der Waals surface area contributed by atoms with Crippen LogP contribution in [0.4, 0.5) is 0 Å². The number of H-pyrrole nitrogens is 1. The smallest absolute Gasteiger partial charge is 0.269 e. The van der Waals surface area contributed by atoms with Crippen LogP contribution in [-0.2, 0) is 0 Å². The molecule has 0 fully saturated rings. The van der Waals surface area contributed by atoms with Crippen molar-refractivity contribution < 1.29 is 0 Å². The fourth-order valence-electron chi connectivity index (χ4n) is 0.592. The molecule has 4 heteroatoms. The van der Waals surface area contributed by atoms with Crippen LogP contribution in [0.2, 0.25) is 0 Å². The summed E-state index contributed by atoms with van der Waals surface area (Å²) < 4.78 is 1.21. The summed E-state index contributed by atoms with van der Waals surface area (Å²) in [5.41, 5.74) is -0.454. The lowest BCUT2D eigenvalue weighted by atomic mass is 10.7. The molecule has 2 aliphatic rings. The van der Waals surface area contributed by atoms with Crippen molar-refractivity contribution in [2.45, 2.75) is 0 Å². The lowest BCUT2D eigenvalue weighted by Gasteiger charge is -1.58. The molecular weight excluding hydrogens is 126 g/mol. The van der Waals surface area contributed by atoms with E-state index in [2.05, 4.69) is 4.98 Å². The minimum absolute atomic E-state index is 0.227. The predicted molar refractivity (Wildman–Crippen MR) is 28.9 cm³/mol. The third-order valence-electron chi connectivity index (χ3n) is 1.01. The van der Waals surface area contributed by atoms with Crippen LogP contribution in [0.5, 0.6) is 0 Å². The van der Waals surface area contributed by atoms with Crippen LogP contribution < -0.4 is 11.1 Å². The summed E-state index contributed by atoms with van der Waals surface area (Å²) in [6.45, 7) is 0. The summed E-state index contributed by atoms with van der Waals surface area (Å²) in [6.07, 6.45) is 0. The molecule has 0 atom stereocenters. The molecular formula is C4HNO2S. The molecule has 0 aromatic carbocycles. The number of hydrogen-bond donors (Lipinski definition) is 1. The second kappa shape index (κ2) is 0.925. The fraction of sp³-hybridized carbons (Fsp3) is 0. The van der Waals surface area contributed by atoms with Gasteiger partial charge in [-0.2, -0.15) is 0 Å². The van der Waals surface area contributed by atoms with E-state index in [9.17, 15) is 9.59 Å². The van der Waals surface area contributed by atoms with E-state index in [0.717, 1.165) is 0 Å². The lowest BCUT2D eigenvalue weighted by molar-refractivity contribution is 1.23. The summed E-state index contributed by atoms with van der Waals surface area (Å²) >= 11 is 1.27. The molecule has 0 unspecified atom stereocenters. The van der Waals surface area contributed by atoms with Crippen molar-refractivity contribution in [3.05, 3.63) is 29.8 Å². The van der Waals surface area contributed by atoms with Crippen LogP contribution in [0.3, 0.4) is 0 Å². The summed E-state index contributed by atoms with van der Waals surface area (Å²) in [5, 5.41) is 0. The Hall–Kier alpha value is -0.900. The van der Waals surface area contributed by atoms with Crippen LogP contribution in [0.1, 0.15) is 0 Å². The third-order valence-corrected chi connectivity index (χ3v) is 1.99. The first-order chi connectivity index (χ1) is 3.79. The van der Waals surface area contributed by atoms with Crippen molar-refractivity contribution in [2.24, 2.45) is 0 Å². The maximum absolute atomic E-state index is 10.4. The highest BCUT2D eigenvalue weighted by atomic mass is 32.1. The summed E-state index contributed by atoms with van der Waals surface area (Å²) in [4.78, 5) is 23.0. The van der Waals surface area contributed by atoms with E-state index in [-0.39, 0.29) is 11.1 Å². The van der Waals surface area contributed by atoms with Crippen molar-refractivity contribution in [1.29, 1.82) is 0 Å². The Balaban J connectivity index is 3.39. The van der Waals surface area contributed by atoms with Gasteiger partial charge < -0.3 is 0 Å². The molecule has 0 aliphatic carbocycles. The van der Waals surface area contributed by atoms with Gasteiger partial charge in [0.25, 0.3) is 11.1 Å². The number of aromatic nitrogens is 1. The molecule has 0 aromatic heterocycles. The highest BCUT2D eigenvalue weighted by Gasteiger charge is 2.08. The van der Waals surface area contributed by atoms with Gasteiger partial charge >= 0.3 is 0 Å². The van der Waals surface area contributed by atoms with Gasteiger partial charge in [-0.15, -0.1) is 11.3 Å². The molecule has 0 radical (unpaired) electrons. The van der Waals surface area contributed by atoms with Gasteiger partial charge in [0.05, 0.1) is 0 Å². The molecule has 2 rings (SSSR count). The van der Waals surface area contributed by atoms with E-state index < -0.39 is 0 Å². The summed E-state index contributed by atoms with van der Waals surface area (Å²) in [7, 11) is 0. The average molecular weight is 127 g/mol. The molecule has 40 valence electrons. The first-order valence-corrected chi connectivity index (χ1v) is 2.88. The monoisotopic (exact) mass is 127 g/mol. The Morgan fingerprint density at radius 2 is 1.62 bits per heavy atom. The van der Waals surface area contributed by atoms with Gasteiger partial charge in [0, 0.05) is 0 Å². The molecule has 2 heterocycles. The van der Waals surface area contributed by atoms with Crippen molar-refractivity contribution in [1.82, 2.24) is 4.98 Å². The standard InChI is InChI=1S/C4HNO2S/c6-3-1-2(8-1)4(7)5-3/h(H,5,6,7).